The third-order valence-corrected chi connectivity index (χ3v) is 25.6. The number of para-hydroxylation sites is 1. The highest BCUT2D eigenvalue weighted by molar-refractivity contribution is 5.59. The zero-order chi connectivity index (χ0) is 102. The van der Waals surface area contributed by atoms with E-state index in [0.717, 1.165) is 194 Å². The van der Waals surface area contributed by atoms with Crippen molar-refractivity contribution >= 4 is 45.5 Å². The van der Waals surface area contributed by atoms with Crippen LogP contribution in [0.3, 0.4) is 0 Å². The first-order valence-corrected chi connectivity index (χ1v) is 47.5. The monoisotopic (exact) mass is 1970 g/mol. The molecule has 0 spiro atoms. The molecule has 0 amide bonds. The van der Waals surface area contributed by atoms with Gasteiger partial charge in [-0.3, -0.25) is 9.80 Å². The van der Waals surface area contributed by atoms with Gasteiger partial charge in [0.1, 0.15) is 0 Å². The van der Waals surface area contributed by atoms with Crippen LogP contribution >= 0.6 is 0 Å². The topological polar surface area (TPSA) is 64.9 Å². The fourth-order valence-corrected chi connectivity index (χ4v) is 17.7. The Kier molecular flexibility index (Phi) is 40.4. The van der Waals surface area contributed by atoms with Crippen LogP contribution in [0.5, 0.6) is 0 Å². The van der Waals surface area contributed by atoms with E-state index in [2.05, 4.69) is 67.3 Å². The number of halogens is 21. The zero-order valence-electron chi connectivity index (χ0n) is 81.5. The summed E-state index contributed by atoms with van der Waals surface area (Å²) in [5, 5.41) is 0. The lowest BCUT2D eigenvalue weighted by atomic mass is 10.0. The lowest BCUT2D eigenvalue weighted by molar-refractivity contribution is -0.138. The first kappa shape index (κ1) is 112. The van der Waals surface area contributed by atoms with E-state index in [1.807, 2.05) is 88.1 Å². The van der Waals surface area contributed by atoms with Crippen LogP contribution in [0.1, 0.15) is 156 Å². The first-order valence-electron chi connectivity index (χ1n) is 47.5. The summed E-state index contributed by atoms with van der Waals surface area (Å²) in [5.74, 6) is 0.868. The molecule has 6 saturated heterocycles. The Hall–Kier alpha value is -9.51. The molecule has 1 unspecified atom stereocenters. The lowest BCUT2D eigenvalue weighted by Gasteiger charge is -2.37. The van der Waals surface area contributed by atoms with E-state index in [1.54, 1.807) is 66.7 Å². The van der Waals surface area contributed by atoms with Crippen LogP contribution in [-0.2, 0) is 43.2 Å². The maximum absolute atomic E-state index is 13.0. The van der Waals surface area contributed by atoms with E-state index in [-0.39, 0.29) is 6.04 Å². The maximum atomic E-state index is 13.0. The average Bonchev–Trinajstić information content (AvgIpc) is 1.46. The molecule has 1 saturated carbocycles. The van der Waals surface area contributed by atoms with Gasteiger partial charge in [-0.25, -0.2) is 0 Å². The van der Waals surface area contributed by atoms with Crippen molar-refractivity contribution in [3.05, 3.63) is 236 Å². The lowest BCUT2D eigenvalue weighted by Crippen LogP contribution is -2.47. The van der Waals surface area contributed by atoms with Gasteiger partial charge in [0.05, 0.1) is 38.9 Å². The molecular formula is C104H136F21N13. The number of piperidine rings is 1. The second kappa shape index (κ2) is 49.7. The minimum atomic E-state index is -4.30. The predicted octanol–water partition coefficient (Wildman–Crippen LogP) is 25.3. The molecule has 1 atom stereocenters. The van der Waals surface area contributed by atoms with Crippen LogP contribution in [0.2, 0.25) is 0 Å². The Bertz CT molecular complexity index is 5050. The van der Waals surface area contributed by atoms with Gasteiger partial charge >= 0.3 is 43.2 Å². The number of unbranched alkanes of at least 4 members (excludes halogenated alkanes) is 1. The number of hydrogen-bond acceptors (Lipinski definition) is 13. The smallest absolute Gasteiger partial charge is 0.375 e. The van der Waals surface area contributed by atoms with Gasteiger partial charge in [0.2, 0.25) is 0 Å². The van der Waals surface area contributed by atoms with E-state index in [0.29, 0.717) is 91.3 Å². The number of benzene rings is 8. The molecule has 7 fully saturated rings. The van der Waals surface area contributed by atoms with Gasteiger partial charge in [-0.05, 0) is 330 Å². The Labute approximate surface area is 800 Å². The van der Waals surface area contributed by atoms with Crippen LogP contribution in [0.25, 0.3) is 0 Å². The SMILES string of the molecule is CCCCN(C)c1cc(C)cc(C(F)(F)F)c1.CCCN1CCN(c2cc(C)cc(C(F)(F)F)c2)CC1.Cc1cc(N(C)C2CCN(C)CC2)cc(C(F)(F)F)c1.Cc1cc(N(C)CCN2CCCC2)cc(C(F)(F)F)c1.Cc1cc(N2CCC(N)C2)cc(C(F)(F)F)c1.Cc1cc(N2CCN(CC3CC3)CC2)cc(C(F)(F)F)c1.Cc1cc(N2CCN(c3ccccc3)CC2)cc(C(F)(F)F)c1. The fourth-order valence-electron chi connectivity index (χ4n) is 17.7. The van der Waals surface area contributed by atoms with Crippen molar-refractivity contribution in [3.63, 3.8) is 0 Å². The average molecular weight is 1970 g/mol. The molecule has 34 heteroatoms. The van der Waals surface area contributed by atoms with E-state index in [1.165, 1.54) is 111 Å². The van der Waals surface area contributed by atoms with Crippen LogP contribution in [0.4, 0.5) is 138 Å². The Balaban J connectivity index is 0.000000181. The highest BCUT2D eigenvalue weighted by Gasteiger charge is 2.39. The molecule has 13 nitrogen and oxygen atoms in total. The number of anilines is 8. The molecule has 2 N–H and O–H groups in total. The second-order valence-electron chi connectivity index (χ2n) is 37.6. The molecule has 138 heavy (non-hydrogen) atoms. The first-order chi connectivity index (χ1) is 64.6. The molecule has 8 aromatic carbocycles. The number of alkyl halides is 21. The molecule has 15 rings (SSSR count). The third-order valence-electron chi connectivity index (χ3n) is 25.6. The number of likely N-dealkylation sites (tertiary alicyclic amines) is 2. The Morgan fingerprint density at radius 3 is 0.957 bits per heavy atom. The predicted molar refractivity (Wildman–Crippen MR) is 515 cm³/mol. The molecular weight excluding hydrogens is 1830 g/mol. The summed E-state index contributed by atoms with van der Waals surface area (Å²) in [6.07, 6.45) is -18.9. The van der Waals surface area contributed by atoms with Crippen molar-refractivity contribution in [2.75, 3.05) is 218 Å². The minimum absolute atomic E-state index is 0.0600. The highest BCUT2D eigenvalue weighted by Crippen LogP contribution is 2.42. The molecule has 8 aromatic rings. The largest absolute Gasteiger partial charge is 0.416 e. The Morgan fingerprint density at radius 1 is 0.304 bits per heavy atom. The summed E-state index contributed by atoms with van der Waals surface area (Å²) >= 11 is 0. The van der Waals surface area contributed by atoms with Gasteiger partial charge in [0, 0.05) is 197 Å². The third kappa shape index (κ3) is 35.9. The van der Waals surface area contributed by atoms with Gasteiger partial charge < -0.3 is 54.7 Å². The second-order valence-corrected chi connectivity index (χ2v) is 37.6. The van der Waals surface area contributed by atoms with Crippen LogP contribution in [0.15, 0.2) is 158 Å². The van der Waals surface area contributed by atoms with Crippen molar-refractivity contribution in [1.29, 1.82) is 0 Å². The summed E-state index contributed by atoms with van der Waals surface area (Å²) in [7, 11) is 7.64. The van der Waals surface area contributed by atoms with Gasteiger partial charge in [-0.2, -0.15) is 92.2 Å². The normalized spacial score (nSPS) is 17.4. The van der Waals surface area contributed by atoms with Crippen LogP contribution < -0.4 is 44.9 Å². The summed E-state index contributed by atoms with van der Waals surface area (Å²) in [5.41, 5.74) is 12.1. The van der Waals surface area contributed by atoms with Crippen LogP contribution in [-0.4, -0.2) is 210 Å². The van der Waals surface area contributed by atoms with E-state index >= 15 is 0 Å². The molecule has 0 aromatic heterocycles. The number of aryl methyl sites for hydroxylation is 7. The molecule has 0 radical (unpaired) electrons. The highest BCUT2D eigenvalue weighted by atomic mass is 19.4. The summed E-state index contributed by atoms with van der Waals surface area (Å²) in [6.45, 7) is 36.3. The number of hydrogen-bond donors (Lipinski definition) is 1. The molecule has 764 valence electrons. The standard InChI is InChI=1S/C18H19F3N2.C16H21F3N2.3C15H21F3N2.C13H18F3N.C12H15F3N2/c1-14-11-15(18(19,20)21)13-17(12-14)23-9-7-22(8-10-23)16-5-3-2-4-6-16;1-12-8-14(16(17,18)19)10-15(9-12)21-6-4-20(5-7-21)11-13-2-3-13;1-11-8-12(15(16,17)18)10-14(9-11)20(3)13-4-6-19(2)7-5-13;1-12-9-13(15(16,17)18)11-14(10-12)19(2)7-8-20-5-3-4-6-20;1-3-4-19-5-7-20(8-6-19)14-10-12(2)9-13(11-14)15(16,17)18;1-4-5-6-17(3)12-8-10(2)7-11(9-12)13(14,15)16;1-8-4-9(12(13,14)15)6-11(5-8)17-3-2-10(16)7-17/h2-6,11-13H,7-10H2,1H3;8-10,13H,2-7,11H2,1H3;8-10,13H,4-7H2,1-3H3;2*9-11H,3-8H2,1-2H3;7-9H,4-6H2,1-3H3;4-6,10H,2-3,7,16H2,1H3. The minimum Gasteiger partial charge on any atom is -0.375 e. The number of piperazine rings is 3. The number of rotatable bonds is 19. The zero-order valence-corrected chi connectivity index (χ0v) is 81.5. The fraction of sp³-hybridized carbons (Fsp3) is 0.538. The molecule has 0 bridgehead atoms. The summed E-state index contributed by atoms with van der Waals surface area (Å²) < 4.78 is 269. The number of nitrogens with zero attached hydrogens (tertiary/aromatic N) is 12. The quantitative estimate of drug-likeness (QED) is 0.0783. The van der Waals surface area contributed by atoms with Gasteiger partial charge in [0.15, 0.2) is 0 Å². The van der Waals surface area contributed by atoms with E-state index in [9.17, 15) is 92.2 Å². The van der Waals surface area contributed by atoms with Crippen LogP contribution in [0, 0.1) is 54.4 Å². The van der Waals surface area contributed by atoms with Gasteiger partial charge in [0.25, 0.3) is 0 Å². The maximum Gasteiger partial charge on any atom is 0.416 e. The van der Waals surface area contributed by atoms with Crippen molar-refractivity contribution in [2.24, 2.45) is 11.7 Å². The van der Waals surface area contributed by atoms with Crippen molar-refractivity contribution in [2.45, 2.75) is 182 Å². The van der Waals surface area contributed by atoms with E-state index < -0.39 is 82.2 Å². The van der Waals surface area contributed by atoms with E-state index in [4.69, 9.17) is 5.73 Å². The van der Waals surface area contributed by atoms with Crippen molar-refractivity contribution in [1.82, 2.24) is 19.6 Å². The molecule has 6 aliphatic heterocycles. The molecule has 1 aliphatic carbocycles. The number of likely N-dealkylation sites (N-methyl/N-ethyl adjacent to an activating group) is 1. The molecule has 6 heterocycles. The Morgan fingerprint density at radius 2 is 0.616 bits per heavy atom. The van der Waals surface area contributed by atoms with Crippen molar-refractivity contribution in [3.8, 4) is 0 Å². The summed E-state index contributed by atoms with van der Waals surface area (Å²) in [6, 6.07) is 40.2. The van der Waals surface area contributed by atoms with Gasteiger partial charge in [-0.1, -0.05) is 38.5 Å². The molecule has 7 aliphatic rings. The van der Waals surface area contributed by atoms with Gasteiger partial charge in [-0.15, -0.1) is 0 Å². The van der Waals surface area contributed by atoms with Crippen molar-refractivity contribution < 1.29 is 92.2 Å². The number of nitrogens with two attached hydrogens (primary N) is 1. The summed E-state index contributed by atoms with van der Waals surface area (Å²) in [4.78, 5) is 25.5.